The van der Waals surface area contributed by atoms with Gasteiger partial charge >= 0.3 is 0 Å². The van der Waals surface area contributed by atoms with Gasteiger partial charge in [0, 0.05) is 10.7 Å². The molecule has 0 saturated carbocycles. The van der Waals surface area contributed by atoms with Crippen LogP contribution in [0.1, 0.15) is 0 Å². The van der Waals surface area contributed by atoms with E-state index in [0.717, 1.165) is 12.1 Å². The third-order valence-corrected chi connectivity index (χ3v) is 4.62. The summed E-state index contributed by atoms with van der Waals surface area (Å²) in [5.41, 5.74) is 0. The Balaban J connectivity index is 3.27. The van der Waals surface area contributed by atoms with E-state index < -0.39 is 34.7 Å². The Morgan fingerprint density at radius 2 is 1.94 bits per heavy atom. The third-order valence-electron chi connectivity index (χ3n) is 1.84. The maximum atomic E-state index is 13.5. The molecule has 0 fully saturated rings. The van der Waals surface area contributed by atoms with Crippen molar-refractivity contribution in [1.82, 2.24) is 4.72 Å². The molecular weight excluding hydrogens is 305 g/mol. The minimum atomic E-state index is -4.12. The molecule has 0 amide bonds. The van der Waals surface area contributed by atoms with Gasteiger partial charge in [-0.1, -0.05) is 5.92 Å². The Morgan fingerprint density at radius 1 is 1.33 bits per heavy atom. The molecular formula is C9H7ClFNO4S2. The number of nitrogens with one attached hydrogen (secondary N) is 1. The molecule has 0 bridgehead atoms. The normalized spacial score (nSPS) is 12.1. The summed E-state index contributed by atoms with van der Waals surface area (Å²) in [6.07, 6.45) is 4.87. The molecule has 1 aromatic rings. The van der Waals surface area contributed by atoms with Gasteiger partial charge in [-0.2, -0.15) is 4.72 Å². The Bertz CT molecular complexity index is 707. The van der Waals surface area contributed by atoms with Crippen molar-refractivity contribution in [2.24, 2.45) is 0 Å². The Kier molecular flexibility index (Phi) is 4.34. The number of rotatable bonds is 4. The first-order valence-electron chi connectivity index (χ1n) is 4.36. The van der Waals surface area contributed by atoms with E-state index in [4.69, 9.17) is 17.1 Å². The van der Waals surface area contributed by atoms with E-state index in [1.807, 2.05) is 10.6 Å². The van der Waals surface area contributed by atoms with Crippen LogP contribution in [0.2, 0.25) is 0 Å². The second-order valence-electron chi connectivity index (χ2n) is 3.06. The van der Waals surface area contributed by atoms with E-state index in [1.54, 1.807) is 0 Å². The topological polar surface area (TPSA) is 80.3 Å². The number of sulfonamides is 1. The first kappa shape index (κ1) is 14.9. The molecule has 1 aromatic carbocycles. The van der Waals surface area contributed by atoms with Gasteiger partial charge in [-0.15, -0.1) is 6.42 Å². The van der Waals surface area contributed by atoms with Gasteiger partial charge in [0.15, 0.2) is 0 Å². The predicted octanol–water partition coefficient (Wildman–Crippen LogP) is 0.665. The molecule has 0 unspecified atom stereocenters. The Morgan fingerprint density at radius 3 is 2.39 bits per heavy atom. The van der Waals surface area contributed by atoms with Crippen molar-refractivity contribution in [1.29, 1.82) is 0 Å². The largest absolute Gasteiger partial charge is 0.261 e. The molecule has 0 heterocycles. The summed E-state index contributed by atoms with van der Waals surface area (Å²) >= 11 is 0. The van der Waals surface area contributed by atoms with Crippen LogP contribution in [0.25, 0.3) is 0 Å². The lowest BCUT2D eigenvalue weighted by atomic mass is 10.3. The number of hydrogen-bond acceptors (Lipinski definition) is 4. The smallest absolute Gasteiger partial charge is 0.207 e. The summed E-state index contributed by atoms with van der Waals surface area (Å²) in [7, 11) is -3.25. The van der Waals surface area contributed by atoms with Crippen molar-refractivity contribution in [2.45, 2.75) is 9.79 Å². The van der Waals surface area contributed by atoms with Crippen molar-refractivity contribution in [2.75, 3.05) is 6.54 Å². The maximum Gasteiger partial charge on any atom is 0.261 e. The zero-order valence-corrected chi connectivity index (χ0v) is 11.1. The number of halogens is 2. The molecule has 0 aliphatic rings. The monoisotopic (exact) mass is 311 g/mol. The van der Waals surface area contributed by atoms with Crippen LogP contribution in [0.4, 0.5) is 4.39 Å². The van der Waals surface area contributed by atoms with E-state index in [9.17, 15) is 21.2 Å². The van der Waals surface area contributed by atoms with Crippen molar-refractivity contribution >= 4 is 29.8 Å². The first-order chi connectivity index (χ1) is 8.18. The zero-order valence-electron chi connectivity index (χ0n) is 8.72. The lowest BCUT2D eigenvalue weighted by Gasteiger charge is -2.06. The molecule has 0 saturated heterocycles. The van der Waals surface area contributed by atoms with Crippen molar-refractivity contribution in [3.8, 4) is 12.3 Å². The summed E-state index contributed by atoms with van der Waals surface area (Å²) in [5.74, 6) is 0.784. The molecule has 1 N–H and O–H groups in total. The minimum Gasteiger partial charge on any atom is -0.207 e. The van der Waals surface area contributed by atoms with Crippen LogP contribution in [0.3, 0.4) is 0 Å². The summed E-state index contributed by atoms with van der Waals surface area (Å²) in [5, 5.41) is 0. The van der Waals surface area contributed by atoms with E-state index in [-0.39, 0.29) is 6.54 Å². The van der Waals surface area contributed by atoms with Crippen LogP contribution < -0.4 is 4.72 Å². The average Bonchev–Trinajstić information content (AvgIpc) is 2.24. The SMILES string of the molecule is C#CCNS(=O)(=O)c1ccc(S(=O)(=O)Cl)cc1F. The van der Waals surface area contributed by atoms with Crippen LogP contribution in [-0.4, -0.2) is 23.4 Å². The van der Waals surface area contributed by atoms with Gasteiger partial charge in [-0.25, -0.2) is 21.2 Å². The lowest BCUT2D eigenvalue weighted by molar-refractivity contribution is 0.556. The molecule has 0 spiro atoms. The van der Waals surface area contributed by atoms with Crippen LogP contribution in [-0.2, 0) is 19.1 Å². The highest BCUT2D eigenvalue weighted by Gasteiger charge is 2.21. The highest BCUT2D eigenvalue weighted by atomic mass is 35.7. The molecule has 98 valence electrons. The maximum absolute atomic E-state index is 13.5. The van der Waals surface area contributed by atoms with E-state index in [1.165, 1.54) is 0 Å². The van der Waals surface area contributed by atoms with Crippen LogP contribution in [0, 0.1) is 18.2 Å². The van der Waals surface area contributed by atoms with Crippen molar-refractivity contribution in [3.63, 3.8) is 0 Å². The first-order valence-corrected chi connectivity index (χ1v) is 8.15. The average molecular weight is 312 g/mol. The summed E-state index contributed by atoms with van der Waals surface area (Å²) in [6.45, 7) is -0.308. The summed E-state index contributed by atoms with van der Waals surface area (Å²) in [4.78, 5) is -1.24. The Hall–Kier alpha value is -1.14. The van der Waals surface area contributed by atoms with E-state index in [0.29, 0.717) is 6.07 Å². The quantitative estimate of drug-likeness (QED) is 0.654. The van der Waals surface area contributed by atoms with Gasteiger partial charge < -0.3 is 0 Å². The summed E-state index contributed by atoms with van der Waals surface area (Å²) < 4.78 is 60.4. The van der Waals surface area contributed by atoms with Crippen LogP contribution in [0.5, 0.6) is 0 Å². The van der Waals surface area contributed by atoms with Gasteiger partial charge in [-0.3, -0.25) is 0 Å². The van der Waals surface area contributed by atoms with Crippen LogP contribution in [0.15, 0.2) is 28.0 Å². The number of hydrogen-bond donors (Lipinski definition) is 1. The fraction of sp³-hybridized carbons (Fsp3) is 0.111. The fourth-order valence-corrected chi connectivity index (χ4v) is 2.82. The zero-order chi connectivity index (χ0) is 14.0. The van der Waals surface area contributed by atoms with Gasteiger partial charge in [0.2, 0.25) is 10.0 Å². The predicted molar refractivity (Wildman–Crippen MR) is 63.5 cm³/mol. The van der Waals surface area contributed by atoms with Crippen LogP contribution >= 0.6 is 10.7 Å². The van der Waals surface area contributed by atoms with Gasteiger partial charge in [0.1, 0.15) is 10.7 Å². The molecule has 0 atom stereocenters. The highest BCUT2D eigenvalue weighted by Crippen LogP contribution is 2.21. The highest BCUT2D eigenvalue weighted by molar-refractivity contribution is 8.13. The van der Waals surface area contributed by atoms with Gasteiger partial charge in [-0.05, 0) is 18.2 Å². The number of benzene rings is 1. The standard InChI is InChI=1S/C9H7ClFNO4S2/c1-2-5-12-18(15,16)9-4-3-7(6-8(9)11)17(10,13)14/h1,3-4,6,12H,5H2. The lowest BCUT2D eigenvalue weighted by Crippen LogP contribution is -2.24. The fourth-order valence-electron chi connectivity index (χ4n) is 1.07. The Labute approximate surface area is 108 Å². The number of terminal acetylenes is 1. The van der Waals surface area contributed by atoms with Crippen molar-refractivity contribution < 1.29 is 21.2 Å². The van der Waals surface area contributed by atoms with Crippen molar-refractivity contribution in [3.05, 3.63) is 24.0 Å². The molecule has 0 aromatic heterocycles. The molecule has 0 radical (unpaired) electrons. The molecule has 9 heteroatoms. The second-order valence-corrected chi connectivity index (χ2v) is 7.36. The molecule has 5 nitrogen and oxygen atoms in total. The molecule has 18 heavy (non-hydrogen) atoms. The van der Waals surface area contributed by atoms with Gasteiger partial charge in [0.05, 0.1) is 11.4 Å². The van der Waals surface area contributed by atoms with E-state index in [2.05, 4.69) is 0 Å². The minimum absolute atomic E-state index is 0.308. The van der Waals surface area contributed by atoms with Gasteiger partial charge in [0.25, 0.3) is 9.05 Å². The summed E-state index contributed by atoms with van der Waals surface area (Å²) in [6, 6.07) is 2.20. The van der Waals surface area contributed by atoms with E-state index >= 15 is 0 Å². The third kappa shape index (κ3) is 3.43. The molecule has 0 aliphatic carbocycles. The molecule has 0 aliphatic heterocycles. The molecule has 1 rings (SSSR count). The second kappa shape index (κ2) is 5.24.